The van der Waals surface area contributed by atoms with Crippen molar-refractivity contribution >= 4 is 0 Å². The second-order valence-electron chi connectivity index (χ2n) is 8.52. The highest BCUT2D eigenvalue weighted by Gasteiger charge is 2.30. The van der Waals surface area contributed by atoms with Gasteiger partial charge < -0.3 is 5.32 Å². The maximum Gasteiger partial charge on any atom is 0.0662 e. The molecule has 0 saturated carbocycles. The van der Waals surface area contributed by atoms with Crippen LogP contribution < -0.4 is 5.32 Å². The fourth-order valence-electron chi connectivity index (χ4n) is 5.01. The van der Waals surface area contributed by atoms with Crippen LogP contribution in [0.4, 0.5) is 0 Å². The predicted octanol–water partition coefficient (Wildman–Crippen LogP) is 3.65. The van der Waals surface area contributed by atoms with Crippen LogP contribution in [0.25, 0.3) is 0 Å². The Morgan fingerprint density at radius 3 is 2.45 bits per heavy atom. The normalized spacial score (nSPS) is 20.1. The fraction of sp³-hybridized carbons (Fsp3) is 0.400. The summed E-state index contributed by atoms with van der Waals surface area (Å²) < 4.78 is 2.00. The maximum atomic E-state index is 4.36. The minimum absolute atomic E-state index is 0.574. The summed E-state index contributed by atoms with van der Waals surface area (Å²) in [4.78, 5) is 2.73. The molecule has 150 valence electrons. The zero-order valence-electron chi connectivity index (χ0n) is 17.0. The van der Waals surface area contributed by atoms with Gasteiger partial charge in [0.05, 0.1) is 6.54 Å². The average molecular weight is 387 g/mol. The first-order valence-corrected chi connectivity index (χ1v) is 10.9. The predicted molar refractivity (Wildman–Crippen MR) is 117 cm³/mol. The lowest BCUT2D eigenvalue weighted by Crippen LogP contribution is -2.49. The second-order valence-corrected chi connectivity index (χ2v) is 8.52. The number of hydrogen-bond acceptors (Lipinski definition) is 3. The van der Waals surface area contributed by atoms with Crippen molar-refractivity contribution in [2.75, 3.05) is 13.1 Å². The molecule has 4 nitrogen and oxygen atoms in total. The lowest BCUT2D eigenvalue weighted by molar-refractivity contribution is 0.140. The smallest absolute Gasteiger partial charge is 0.0662 e. The Kier molecular flexibility index (Phi) is 5.46. The number of hydrogen-bond donors (Lipinski definition) is 1. The first-order chi connectivity index (χ1) is 14.3. The van der Waals surface area contributed by atoms with E-state index >= 15 is 0 Å². The van der Waals surface area contributed by atoms with Crippen molar-refractivity contribution in [1.29, 1.82) is 0 Å². The molecule has 3 aromatic rings. The van der Waals surface area contributed by atoms with Crippen molar-refractivity contribution in [2.24, 2.45) is 0 Å². The zero-order valence-corrected chi connectivity index (χ0v) is 17.0. The highest BCUT2D eigenvalue weighted by molar-refractivity contribution is 5.33. The van der Waals surface area contributed by atoms with Gasteiger partial charge in [-0.15, -0.1) is 0 Å². The molecule has 2 heterocycles. The average Bonchev–Trinajstić information content (AvgIpc) is 3.43. The molecule has 1 aromatic heterocycles. The molecule has 0 unspecified atom stereocenters. The van der Waals surface area contributed by atoms with Crippen LogP contribution in [-0.4, -0.2) is 39.9 Å². The van der Waals surface area contributed by atoms with Crippen molar-refractivity contribution in [3.05, 3.63) is 89.2 Å². The van der Waals surface area contributed by atoms with E-state index in [0.717, 1.165) is 13.1 Å². The number of nitrogens with one attached hydrogen (secondary N) is 1. The summed E-state index contributed by atoms with van der Waals surface area (Å²) in [5.74, 6) is 0. The molecule has 0 spiro atoms. The summed E-state index contributed by atoms with van der Waals surface area (Å²) in [5, 5.41) is 8.22. The number of likely N-dealkylation sites (tertiary alicyclic amines) is 1. The van der Waals surface area contributed by atoms with E-state index in [1.54, 1.807) is 11.1 Å². The van der Waals surface area contributed by atoms with Crippen molar-refractivity contribution in [3.63, 3.8) is 0 Å². The minimum atomic E-state index is 0.574. The second kappa shape index (κ2) is 8.52. The Morgan fingerprint density at radius 1 is 0.931 bits per heavy atom. The van der Waals surface area contributed by atoms with Crippen LogP contribution in [0.15, 0.2) is 67.0 Å². The van der Waals surface area contributed by atoms with Gasteiger partial charge in [0.1, 0.15) is 0 Å². The molecule has 0 radical (unpaired) electrons. The Balaban J connectivity index is 1.19. The highest BCUT2D eigenvalue weighted by Crippen LogP contribution is 2.27. The van der Waals surface area contributed by atoms with E-state index in [4.69, 9.17) is 0 Å². The summed E-state index contributed by atoms with van der Waals surface area (Å²) in [5.41, 5.74) is 5.84. The van der Waals surface area contributed by atoms with Gasteiger partial charge in [-0.3, -0.25) is 9.58 Å². The molecule has 1 aliphatic carbocycles. The number of benzene rings is 2. The monoisotopic (exact) mass is 386 g/mol. The van der Waals surface area contributed by atoms with E-state index < -0.39 is 0 Å². The number of aromatic nitrogens is 2. The van der Waals surface area contributed by atoms with Gasteiger partial charge in [-0.2, -0.15) is 5.10 Å². The molecule has 1 aliphatic heterocycles. The van der Waals surface area contributed by atoms with Crippen LogP contribution in [0, 0.1) is 0 Å². The third kappa shape index (κ3) is 4.29. The molecule has 2 aromatic carbocycles. The summed E-state index contributed by atoms with van der Waals surface area (Å²) in [6.45, 7) is 4.18. The lowest BCUT2D eigenvalue weighted by atomic mass is 10.0. The van der Waals surface area contributed by atoms with Crippen LogP contribution in [0.1, 0.15) is 35.1 Å². The number of piperidine rings is 1. The Bertz CT molecular complexity index is 909. The van der Waals surface area contributed by atoms with Crippen molar-refractivity contribution < 1.29 is 0 Å². The molecular weight excluding hydrogens is 356 g/mol. The van der Waals surface area contributed by atoms with Gasteiger partial charge in [0, 0.05) is 37.6 Å². The number of fused-ring (bicyclic) bond motifs is 1. The van der Waals surface area contributed by atoms with Crippen LogP contribution in [0.2, 0.25) is 0 Å². The van der Waals surface area contributed by atoms with Gasteiger partial charge in [0.2, 0.25) is 0 Å². The van der Waals surface area contributed by atoms with Gasteiger partial charge in [0.25, 0.3) is 0 Å². The van der Waals surface area contributed by atoms with Gasteiger partial charge in [-0.25, -0.2) is 0 Å². The van der Waals surface area contributed by atoms with Gasteiger partial charge in [0.15, 0.2) is 0 Å². The molecule has 0 bridgehead atoms. The van der Waals surface area contributed by atoms with Crippen LogP contribution >= 0.6 is 0 Å². The summed E-state index contributed by atoms with van der Waals surface area (Å²) in [6.07, 6.45) is 8.88. The summed E-state index contributed by atoms with van der Waals surface area (Å²) in [7, 11) is 0. The third-order valence-corrected chi connectivity index (χ3v) is 6.59. The van der Waals surface area contributed by atoms with Gasteiger partial charge in [-0.05, 0) is 60.5 Å². The SMILES string of the molecule is c1ccc(Cn2cccn2)c(CN[C@@H]2CCCN(C3Cc4ccccc4C3)C2)c1. The van der Waals surface area contributed by atoms with E-state index in [0.29, 0.717) is 12.1 Å². The van der Waals surface area contributed by atoms with E-state index in [1.807, 2.05) is 23.1 Å². The third-order valence-electron chi connectivity index (χ3n) is 6.59. The van der Waals surface area contributed by atoms with E-state index in [2.05, 4.69) is 63.8 Å². The molecule has 0 amide bonds. The van der Waals surface area contributed by atoms with Crippen molar-refractivity contribution in [1.82, 2.24) is 20.0 Å². The molecule has 1 fully saturated rings. The quantitative estimate of drug-likeness (QED) is 0.702. The molecule has 1 N–H and O–H groups in total. The zero-order chi connectivity index (χ0) is 19.5. The standard InChI is InChI=1S/C25H30N4/c1-2-8-21-16-25(15-20(21)7-1)28-13-5-11-24(19-28)26-17-22-9-3-4-10-23(22)18-29-14-6-12-27-29/h1-4,6-10,12,14,24-26H,5,11,13,15-19H2/t24-/m1/s1. The topological polar surface area (TPSA) is 33.1 Å². The maximum absolute atomic E-state index is 4.36. The van der Waals surface area contributed by atoms with E-state index in [1.165, 1.54) is 49.9 Å². The van der Waals surface area contributed by atoms with Gasteiger partial charge >= 0.3 is 0 Å². The van der Waals surface area contributed by atoms with Crippen molar-refractivity contribution in [2.45, 2.75) is 50.9 Å². The van der Waals surface area contributed by atoms with Crippen LogP contribution in [0.3, 0.4) is 0 Å². The summed E-state index contributed by atoms with van der Waals surface area (Å²) >= 11 is 0. The molecule has 1 atom stereocenters. The largest absolute Gasteiger partial charge is 0.309 e. The van der Waals surface area contributed by atoms with E-state index in [-0.39, 0.29) is 0 Å². The molecule has 2 aliphatic rings. The molecule has 1 saturated heterocycles. The van der Waals surface area contributed by atoms with Gasteiger partial charge in [-0.1, -0.05) is 48.5 Å². The van der Waals surface area contributed by atoms with Crippen LogP contribution in [-0.2, 0) is 25.9 Å². The number of nitrogens with zero attached hydrogens (tertiary/aromatic N) is 3. The lowest BCUT2D eigenvalue weighted by Gasteiger charge is -2.37. The first-order valence-electron chi connectivity index (χ1n) is 10.9. The minimum Gasteiger partial charge on any atom is -0.309 e. The Morgan fingerprint density at radius 2 is 1.69 bits per heavy atom. The molecule has 4 heteroatoms. The first kappa shape index (κ1) is 18.6. The van der Waals surface area contributed by atoms with E-state index in [9.17, 15) is 0 Å². The number of rotatable bonds is 6. The Hall–Kier alpha value is -2.43. The highest BCUT2D eigenvalue weighted by atomic mass is 15.3. The Labute approximate surface area is 173 Å². The fourth-order valence-corrected chi connectivity index (χ4v) is 5.01. The molecule has 29 heavy (non-hydrogen) atoms. The van der Waals surface area contributed by atoms with Crippen LogP contribution in [0.5, 0.6) is 0 Å². The molecular formula is C25H30N4. The van der Waals surface area contributed by atoms with Crippen molar-refractivity contribution in [3.8, 4) is 0 Å². The summed E-state index contributed by atoms with van der Waals surface area (Å²) in [6, 6.07) is 21.0. The molecule has 5 rings (SSSR count).